The highest BCUT2D eigenvalue weighted by molar-refractivity contribution is 9.10. The first-order chi connectivity index (χ1) is 9.76. The number of rotatable bonds is 5. The van der Waals surface area contributed by atoms with Crippen LogP contribution in [0.1, 0.15) is 13.3 Å². The monoisotopic (exact) mass is 391 g/mol. The van der Waals surface area contributed by atoms with Gasteiger partial charge in [0.1, 0.15) is 20.7 Å². The van der Waals surface area contributed by atoms with Crippen LogP contribution in [-0.2, 0) is 9.84 Å². The summed E-state index contributed by atoms with van der Waals surface area (Å²) in [5.74, 6) is 0.769. The van der Waals surface area contributed by atoms with Crippen LogP contribution in [0.2, 0.25) is 5.15 Å². The summed E-state index contributed by atoms with van der Waals surface area (Å²) in [4.78, 5) is 4.07. The highest BCUT2D eigenvalue weighted by Gasteiger charge is 2.12. The first-order valence-electron chi connectivity index (χ1n) is 6.34. The fourth-order valence-electron chi connectivity index (χ4n) is 1.91. The molecule has 0 N–H and O–H groups in total. The Balaban J connectivity index is 2.25. The van der Waals surface area contributed by atoms with Crippen LogP contribution in [0, 0.1) is 0 Å². The molecule has 0 bridgehead atoms. The van der Waals surface area contributed by atoms with Crippen LogP contribution in [0.5, 0.6) is 5.75 Å². The Morgan fingerprint density at radius 3 is 2.76 bits per heavy atom. The van der Waals surface area contributed by atoms with Gasteiger partial charge in [-0.1, -0.05) is 27.5 Å². The van der Waals surface area contributed by atoms with Crippen molar-refractivity contribution in [3.05, 3.63) is 34.0 Å². The molecule has 0 aliphatic carbocycles. The third-order valence-electron chi connectivity index (χ3n) is 3.00. The summed E-state index contributed by atoms with van der Waals surface area (Å²) in [6.45, 7) is 1.85. The predicted octanol–water partition coefficient (Wildman–Crippen LogP) is 3.85. The van der Waals surface area contributed by atoms with Gasteiger partial charge in [0.2, 0.25) is 0 Å². The number of benzene rings is 1. The zero-order valence-corrected chi connectivity index (χ0v) is 14.8. The molecule has 1 aromatic carbocycles. The second-order valence-electron chi connectivity index (χ2n) is 4.95. The lowest BCUT2D eigenvalue weighted by molar-refractivity contribution is 0.221. The van der Waals surface area contributed by atoms with Crippen molar-refractivity contribution < 1.29 is 13.2 Å². The summed E-state index contributed by atoms with van der Waals surface area (Å²) in [5, 5.41) is 2.15. The van der Waals surface area contributed by atoms with E-state index in [1.54, 1.807) is 12.3 Å². The summed E-state index contributed by atoms with van der Waals surface area (Å²) in [6, 6.07) is 5.46. The molecule has 0 aliphatic rings. The zero-order chi connectivity index (χ0) is 15.6. The molecule has 1 atom stereocenters. The molecule has 0 spiro atoms. The van der Waals surface area contributed by atoms with Crippen molar-refractivity contribution in [2.45, 2.75) is 19.4 Å². The van der Waals surface area contributed by atoms with Crippen molar-refractivity contribution in [3.63, 3.8) is 0 Å². The van der Waals surface area contributed by atoms with Gasteiger partial charge < -0.3 is 4.74 Å². The normalized spacial score (nSPS) is 13.3. The first-order valence-corrected chi connectivity index (χ1v) is 9.57. The fraction of sp³-hybridized carbons (Fsp3) is 0.357. The standard InChI is InChI=1S/C14H15BrClNO3S/c1-9(5-6-21(2,18)19)20-13-4-3-12(15)10-7-14(16)17-8-11(10)13/h3-4,7-9H,5-6H2,1-2H3. The molecule has 21 heavy (non-hydrogen) atoms. The Labute approximate surface area is 137 Å². The number of hydrogen-bond donors (Lipinski definition) is 0. The maximum atomic E-state index is 11.2. The van der Waals surface area contributed by atoms with Crippen molar-refractivity contribution in [2.24, 2.45) is 0 Å². The van der Waals surface area contributed by atoms with Gasteiger partial charge >= 0.3 is 0 Å². The maximum Gasteiger partial charge on any atom is 0.147 e. The van der Waals surface area contributed by atoms with Gasteiger partial charge in [0.05, 0.1) is 11.9 Å². The van der Waals surface area contributed by atoms with Crippen LogP contribution in [0.3, 0.4) is 0 Å². The van der Waals surface area contributed by atoms with Gasteiger partial charge in [0.25, 0.3) is 0 Å². The summed E-state index contributed by atoms with van der Waals surface area (Å²) in [7, 11) is -2.98. The highest BCUT2D eigenvalue weighted by Crippen LogP contribution is 2.33. The van der Waals surface area contributed by atoms with E-state index in [1.807, 2.05) is 19.1 Å². The van der Waals surface area contributed by atoms with Gasteiger partial charge in [-0.2, -0.15) is 0 Å². The molecule has 2 rings (SSSR count). The number of sulfone groups is 1. The average molecular weight is 393 g/mol. The lowest BCUT2D eigenvalue weighted by Crippen LogP contribution is -2.17. The smallest absolute Gasteiger partial charge is 0.147 e. The van der Waals surface area contributed by atoms with Crippen LogP contribution in [0.4, 0.5) is 0 Å². The van der Waals surface area contributed by atoms with E-state index in [1.165, 1.54) is 6.26 Å². The number of ether oxygens (including phenoxy) is 1. The van der Waals surface area contributed by atoms with Crippen LogP contribution >= 0.6 is 27.5 Å². The van der Waals surface area contributed by atoms with Gasteiger partial charge in [0.15, 0.2) is 0 Å². The topological polar surface area (TPSA) is 56.3 Å². The molecular weight excluding hydrogens is 378 g/mol. The minimum atomic E-state index is -2.98. The van der Waals surface area contributed by atoms with E-state index in [0.717, 1.165) is 15.2 Å². The molecule has 114 valence electrons. The van der Waals surface area contributed by atoms with Gasteiger partial charge in [-0.15, -0.1) is 0 Å². The molecule has 1 aromatic heterocycles. The van der Waals surface area contributed by atoms with Crippen LogP contribution in [0.15, 0.2) is 28.9 Å². The van der Waals surface area contributed by atoms with Gasteiger partial charge in [-0.05, 0) is 31.5 Å². The molecule has 1 heterocycles. The molecule has 4 nitrogen and oxygen atoms in total. The van der Waals surface area contributed by atoms with Crippen molar-refractivity contribution in [3.8, 4) is 5.75 Å². The van der Waals surface area contributed by atoms with Gasteiger partial charge in [0, 0.05) is 27.7 Å². The Bertz CT molecular complexity index is 764. The quantitative estimate of drug-likeness (QED) is 0.725. The number of halogens is 2. The largest absolute Gasteiger partial charge is 0.490 e. The van der Waals surface area contributed by atoms with Crippen molar-refractivity contribution in [1.29, 1.82) is 0 Å². The first kappa shape index (κ1) is 16.5. The summed E-state index contributed by atoms with van der Waals surface area (Å²) < 4.78 is 29.1. The van der Waals surface area contributed by atoms with Gasteiger partial charge in [-0.25, -0.2) is 13.4 Å². The van der Waals surface area contributed by atoms with Crippen LogP contribution < -0.4 is 4.74 Å². The highest BCUT2D eigenvalue weighted by atomic mass is 79.9. The molecule has 0 saturated carbocycles. The Kier molecular flexibility index (Phi) is 5.11. The van der Waals surface area contributed by atoms with Crippen LogP contribution in [-0.4, -0.2) is 31.5 Å². The summed E-state index contributed by atoms with van der Waals surface area (Å²) in [6.07, 6.45) is 3.11. The molecule has 2 aromatic rings. The van der Waals surface area contributed by atoms with Gasteiger partial charge in [-0.3, -0.25) is 0 Å². The Morgan fingerprint density at radius 1 is 1.38 bits per heavy atom. The van der Waals surface area contributed by atoms with E-state index in [-0.39, 0.29) is 11.9 Å². The van der Waals surface area contributed by atoms with E-state index in [0.29, 0.717) is 17.3 Å². The molecule has 0 fully saturated rings. The minimum Gasteiger partial charge on any atom is -0.490 e. The Hall–Kier alpha value is -0.850. The van der Waals surface area contributed by atoms with E-state index in [9.17, 15) is 8.42 Å². The number of nitrogens with zero attached hydrogens (tertiary/aromatic N) is 1. The summed E-state index contributed by atoms with van der Waals surface area (Å²) in [5.41, 5.74) is 0. The number of aromatic nitrogens is 1. The summed E-state index contributed by atoms with van der Waals surface area (Å²) >= 11 is 9.38. The minimum absolute atomic E-state index is 0.104. The average Bonchev–Trinajstić information content (AvgIpc) is 2.39. The molecule has 0 radical (unpaired) electrons. The van der Waals surface area contributed by atoms with E-state index in [4.69, 9.17) is 16.3 Å². The lowest BCUT2D eigenvalue weighted by atomic mass is 10.1. The third kappa shape index (κ3) is 4.56. The molecule has 0 aliphatic heterocycles. The van der Waals surface area contributed by atoms with E-state index < -0.39 is 9.84 Å². The fourth-order valence-corrected chi connectivity index (χ4v) is 3.29. The Morgan fingerprint density at radius 2 is 2.10 bits per heavy atom. The van der Waals surface area contributed by atoms with Crippen LogP contribution in [0.25, 0.3) is 10.8 Å². The molecule has 0 saturated heterocycles. The molecule has 7 heteroatoms. The lowest BCUT2D eigenvalue weighted by Gasteiger charge is -2.16. The van der Waals surface area contributed by atoms with Crippen molar-refractivity contribution in [1.82, 2.24) is 4.98 Å². The molecule has 1 unspecified atom stereocenters. The van der Waals surface area contributed by atoms with Crippen molar-refractivity contribution >= 4 is 48.1 Å². The van der Waals surface area contributed by atoms with E-state index in [2.05, 4.69) is 20.9 Å². The number of pyridine rings is 1. The number of hydrogen-bond acceptors (Lipinski definition) is 4. The molecular formula is C14H15BrClNO3S. The number of fused-ring (bicyclic) bond motifs is 1. The van der Waals surface area contributed by atoms with Crippen molar-refractivity contribution in [2.75, 3.05) is 12.0 Å². The second kappa shape index (κ2) is 6.50. The second-order valence-corrected chi connectivity index (χ2v) is 8.45. The SMILES string of the molecule is CC(CCS(C)(=O)=O)Oc1ccc(Br)c2cc(Cl)ncc12. The molecule has 0 amide bonds. The predicted molar refractivity (Wildman–Crippen MR) is 88.9 cm³/mol. The maximum absolute atomic E-state index is 11.2. The van der Waals surface area contributed by atoms with E-state index >= 15 is 0 Å². The zero-order valence-electron chi connectivity index (χ0n) is 11.6. The third-order valence-corrected chi connectivity index (χ3v) is 4.87.